The van der Waals surface area contributed by atoms with Gasteiger partial charge in [0.15, 0.2) is 5.78 Å². The number of ketones is 1. The van der Waals surface area contributed by atoms with E-state index in [0.29, 0.717) is 10.9 Å². The smallest absolute Gasteiger partial charge is 0.173 e. The third kappa shape index (κ3) is 3.20. The quantitative estimate of drug-likeness (QED) is 0.477. The van der Waals surface area contributed by atoms with Crippen molar-refractivity contribution in [3.63, 3.8) is 0 Å². The largest absolute Gasteiger partial charge is 0.742 e. The van der Waals surface area contributed by atoms with E-state index in [2.05, 4.69) is 28.6 Å². The molecule has 0 atom stereocenters. The molecule has 0 fully saturated rings. The topological polar surface area (TPSA) is 34.1 Å². The summed E-state index contributed by atoms with van der Waals surface area (Å²) in [6.07, 6.45) is 0.248. The molecule has 0 aliphatic heterocycles. The van der Waals surface area contributed by atoms with Gasteiger partial charge in [-0.05, 0) is 5.56 Å². The number of hydrogen-bond acceptors (Lipinski definition) is 3. The molecule has 0 radical (unpaired) electrons. The molecule has 0 aliphatic carbocycles. The summed E-state index contributed by atoms with van der Waals surface area (Å²) >= 11 is 7.54. The first-order valence-electron chi connectivity index (χ1n) is 4.01. The van der Waals surface area contributed by atoms with Gasteiger partial charge in [0.2, 0.25) is 0 Å². The molecule has 0 amide bonds. The third-order valence-corrected chi connectivity index (χ3v) is 2.40. The second-order valence-corrected chi connectivity index (χ2v) is 3.82. The normalized spacial score (nSPS) is 9.79. The molecule has 0 saturated heterocycles. The lowest BCUT2D eigenvalue weighted by Gasteiger charge is -2.04. The zero-order valence-corrected chi connectivity index (χ0v) is 9.73. The predicted octanol–water partition coefficient (Wildman–Crippen LogP) is 1.88. The molecule has 0 spiro atoms. The average molecular weight is 272 g/mol. The van der Waals surface area contributed by atoms with Gasteiger partial charge >= 0.3 is 0 Å². The molecular weight excluding hydrogens is 264 g/mol. The lowest BCUT2D eigenvalue weighted by Crippen LogP contribution is -2.01. The van der Waals surface area contributed by atoms with Crippen LogP contribution in [0.5, 0.6) is 0 Å². The standard InChI is InChI=1S/C10H9BrO2S/c11-6-9(12)8-3-1-7(2-4-8)5-10(13)14/h1-4H,5-6H2,(H,13,14)/p-1. The van der Waals surface area contributed by atoms with Gasteiger partial charge in [-0.15, -0.1) is 0 Å². The second-order valence-electron chi connectivity index (χ2n) is 2.80. The van der Waals surface area contributed by atoms with E-state index < -0.39 is 0 Å². The minimum atomic E-state index is -0.287. The fourth-order valence-electron chi connectivity index (χ4n) is 1.05. The summed E-state index contributed by atoms with van der Waals surface area (Å²) in [6.45, 7) is 0. The number of alkyl halides is 1. The number of halogens is 1. The van der Waals surface area contributed by atoms with Gasteiger partial charge in [0.05, 0.1) is 5.33 Å². The van der Waals surface area contributed by atoms with Crippen LogP contribution < -0.4 is 0 Å². The van der Waals surface area contributed by atoms with E-state index in [4.69, 9.17) is 0 Å². The van der Waals surface area contributed by atoms with Crippen LogP contribution in [-0.4, -0.2) is 16.2 Å². The molecule has 1 rings (SSSR count). The fourth-order valence-corrected chi connectivity index (χ4v) is 1.54. The molecule has 4 heteroatoms. The molecule has 0 saturated carbocycles. The molecule has 0 unspecified atom stereocenters. The Balaban J connectivity index is 2.78. The van der Waals surface area contributed by atoms with E-state index >= 15 is 0 Å². The van der Waals surface area contributed by atoms with Crippen molar-refractivity contribution in [2.75, 3.05) is 5.33 Å². The van der Waals surface area contributed by atoms with Crippen LogP contribution in [0.1, 0.15) is 15.9 Å². The number of Topliss-reactive ketones (excluding diaryl/α,β-unsaturated/α-hetero) is 1. The lowest BCUT2D eigenvalue weighted by molar-refractivity contribution is -0.110. The van der Waals surface area contributed by atoms with Gasteiger partial charge < -0.3 is 17.4 Å². The van der Waals surface area contributed by atoms with Gasteiger partial charge in [0.1, 0.15) is 0 Å². The zero-order valence-electron chi connectivity index (χ0n) is 7.33. The predicted molar refractivity (Wildman–Crippen MR) is 60.6 cm³/mol. The molecular formula is C10H8BrO2S-. The summed E-state index contributed by atoms with van der Waals surface area (Å²) in [5, 5.41) is 0.0244. The van der Waals surface area contributed by atoms with Crippen molar-refractivity contribution in [2.45, 2.75) is 6.42 Å². The van der Waals surface area contributed by atoms with Crippen LogP contribution in [0.25, 0.3) is 0 Å². The van der Waals surface area contributed by atoms with Crippen molar-refractivity contribution in [2.24, 2.45) is 0 Å². The van der Waals surface area contributed by atoms with E-state index in [1.165, 1.54) is 0 Å². The van der Waals surface area contributed by atoms with Crippen LogP contribution in [0.2, 0.25) is 0 Å². The number of hydrogen-bond donors (Lipinski definition) is 0. The number of rotatable bonds is 4. The van der Waals surface area contributed by atoms with Gasteiger partial charge in [0.25, 0.3) is 0 Å². The second kappa shape index (κ2) is 5.22. The molecule has 0 bridgehead atoms. The Morgan fingerprint density at radius 2 is 1.79 bits per heavy atom. The Bertz CT molecular complexity index is 346. The lowest BCUT2D eigenvalue weighted by atomic mass is 10.1. The first-order valence-corrected chi connectivity index (χ1v) is 5.54. The summed E-state index contributed by atoms with van der Waals surface area (Å²) < 4.78 is 0. The molecule has 0 heterocycles. The van der Waals surface area contributed by atoms with Gasteiger partial charge in [-0.3, -0.25) is 4.79 Å². The minimum Gasteiger partial charge on any atom is -0.742 e. The molecule has 0 aromatic heterocycles. The summed E-state index contributed by atoms with van der Waals surface area (Å²) in [4.78, 5) is 21.8. The molecule has 74 valence electrons. The van der Waals surface area contributed by atoms with Crippen molar-refractivity contribution in [3.05, 3.63) is 35.4 Å². The molecule has 2 nitrogen and oxygen atoms in total. The average Bonchev–Trinajstić information content (AvgIpc) is 2.17. The van der Waals surface area contributed by atoms with Crippen LogP contribution in [0.4, 0.5) is 0 Å². The summed E-state index contributed by atoms with van der Waals surface area (Å²) in [6, 6.07) is 6.91. The maximum atomic E-state index is 11.2. The van der Waals surface area contributed by atoms with Gasteiger partial charge in [0, 0.05) is 17.1 Å². The monoisotopic (exact) mass is 271 g/mol. The highest BCUT2D eigenvalue weighted by molar-refractivity contribution is 9.09. The van der Waals surface area contributed by atoms with E-state index in [1.807, 2.05) is 0 Å². The molecule has 0 aliphatic rings. The maximum Gasteiger partial charge on any atom is 0.173 e. The Labute approximate surface area is 96.2 Å². The molecule has 1 aromatic rings. The summed E-state index contributed by atoms with van der Waals surface area (Å²) in [7, 11) is 0. The first-order chi connectivity index (χ1) is 6.63. The van der Waals surface area contributed by atoms with Crippen LogP contribution in [0.15, 0.2) is 24.3 Å². The molecule has 0 N–H and O–H groups in total. The molecule has 1 aromatic carbocycles. The van der Waals surface area contributed by atoms with Gasteiger partial charge in [-0.25, -0.2) is 0 Å². The Hall–Kier alpha value is -0.740. The first kappa shape index (κ1) is 11.3. The number of carbonyl (C=O) groups excluding carboxylic acids is 2. The van der Waals surface area contributed by atoms with Crippen LogP contribution in [-0.2, 0) is 23.8 Å². The van der Waals surface area contributed by atoms with Gasteiger partial charge in [-0.2, -0.15) is 0 Å². The Kier molecular flexibility index (Phi) is 4.22. The van der Waals surface area contributed by atoms with Crippen molar-refractivity contribution in [3.8, 4) is 0 Å². The zero-order chi connectivity index (χ0) is 10.6. The summed E-state index contributed by atoms with van der Waals surface area (Å²) in [5.41, 5.74) is 1.48. The SMILES string of the molecule is O=C([S-])Cc1ccc(C(=O)CBr)cc1. The Morgan fingerprint density at radius 1 is 1.21 bits per heavy atom. The van der Waals surface area contributed by atoms with E-state index in [0.717, 1.165) is 5.56 Å². The van der Waals surface area contributed by atoms with Crippen LogP contribution >= 0.6 is 15.9 Å². The number of benzene rings is 1. The van der Waals surface area contributed by atoms with E-state index in [-0.39, 0.29) is 17.3 Å². The van der Waals surface area contributed by atoms with Crippen molar-refractivity contribution in [1.82, 2.24) is 0 Å². The summed E-state index contributed by atoms with van der Waals surface area (Å²) in [5.74, 6) is 0.0289. The third-order valence-electron chi connectivity index (χ3n) is 1.75. The van der Waals surface area contributed by atoms with E-state index in [1.54, 1.807) is 24.3 Å². The highest BCUT2D eigenvalue weighted by Gasteiger charge is 2.02. The highest BCUT2D eigenvalue weighted by atomic mass is 79.9. The van der Waals surface area contributed by atoms with Crippen molar-refractivity contribution < 1.29 is 9.59 Å². The van der Waals surface area contributed by atoms with Crippen molar-refractivity contribution in [1.29, 1.82) is 0 Å². The molecule has 14 heavy (non-hydrogen) atoms. The van der Waals surface area contributed by atoms with Crippen LogP contribution in [0.3, 0.4) is 0 Å². The van der Waals surface area contributed by atoms with E-state index in [9.17, 15) is 9.59 Å². The maximum absolute atomic E-state index is 11.2. The minimum absolute atomic E-state index is 0.0289. The highest BCUT2D eigenvalue weighted by Crippen LogP contribution is 2.07. The van der Waals surface area contributed by atoms with Crippen molar-refractivity contribution >= 4 is 39.5 Å². The fraction of sp³-hybridized carbons (Fsp3) is 0.200. The van der Waals surface area contributed by atoms with Crippen LogP contribution in [0, 0.1) is 0 Å². The number of carbonyl (C=O) groups is 2. The Morgan fingerprint density at radius 3 is 2.21 bits per heavy atom. The van der Waals surface area contributed by atoms with Gasteiger partial charge in [-0.1, -0.05) is 40.2 Å².